The van der Waals surface area contributed by atoms with E-state index in [2.05, 4.69) is 59.2 Å². The van der Waals surface area contributed by atoms with Crippen LogP contribution in [0.1, 0.15) is 35.7 Å². The summed E-state index contributed by atoms with van der Waals surface area (Å²) in [5.74, 6) is 1.70. The van der Waals surface area contributed by atoms with Gasteiger partial charge in [-0.05, 0) is 42.4 Å². The number of hydrogen-bond acceptors (Lipinski definition) is 5. The fourth-order valence-electron chi connectivity index (χ4n) is 4.30. The second-order valence-corrected chi connectivity index (χ2v) is 9.44. The Bertz CT molecular complexity index is 853. The highest BCUT2D eigenvalue weighted by Crippen LogP contribution is 2.29. The summed E-state index contributed by atoms with van der Waals surface area (Å²) in [5, 5.41) is 10.5. The minimum absolute atomic E-state index is 0.704. The molecular formula is C24H30N4S. The molecule has 2 aliphatic rings. The first-order valence-electron chi connectivity index (χ1n) is 10.8. The number of piperazine rings is 1. The third-order valence-electron chi connectivity index (χ3n) is 6.08. The van der Waals surface area contributed by atoms with Crippen molar-refractivity contribution in [2.75, 3.05) is 38.5 Å². The maximum absolute atomic E-state index is 9.56. The predicted molar refractivity (Wildman–Crippen MR) is 119 cm³/mol. The summed E-state index contributed by atoms with van der Waals surface area (Å²) in [4.78, 5) is 9.96. The number of pyridine rings is 1. The number of nitrogens with zero attached hydrogens (tertiary/aromatic N) is 4. The van der Waals surface area contributed by atoms with Crippen molar-refractivity contribution in [1.29, 1.82) is 5.26 Å². The summed E-state index contributed by atoms with van der Waals surface area (Å²) in [6.45, 7) is 8.88. The molecular weight excluding hydrogens is 376 g/mol. The Morgan fingerprint density at radius 3 is 2.66 bits per heavy atom. The lowest BCUT2D eigenvalue weighted by atomic mass is 9.87. The third kappa shape index (κ3) is 5.39. The van der Waals surface area contributed by atoms with Crippen LogP contribution in [0, 0.1) is 17.2 Å². The number of benzene rings is 1. The van der Waals surface area contributed by atoms with E-state index in [9.17, 15) is 5.26 Å². The molecule has 1 aromatic carbocycles. The van der Waals surface area contributed by atoms with Crippen molar-refractivity contribution >= 4 is 11.8 Å². The first-order chi connectivity index (χ1) is 14.2. The Balaban J connectivity index is 1.25. The summed E-state index contributed by atoms with van der Waals surface area (Å²) < 4.78 is 0. The van der Waals surface area contributed by atoms with Gasteiger partial charge in [-0.25, -0.2) is 4.98 Å². The molecule has 0 spiro atoms. The van der Waals surface area contributed by atoms with E-state index in [1.807, 2.05) is 0 Å². The average molecular weight is 407 g/mol. The average Bonchev–Trinajstić information content (AvgIpc) is 2.75. The maximum atomic E-state index is 9.56. The molecule has 0 N–H and O–H groups in total. The molecule has 1 atom stereocenters. The molecule has 1 unspecified atom stereocenters. The van der Waals surface area contributed by atoms with Gasteiger partial charge in [0.25, 0.3) is 0 Å². The first-order valence-corrected chi connectivity index (χ1v) is 11.7. The summed E-state index contributed by atoms with van der Waals surface area (Å²) in [7, 11) is 0. The molecule has 1 saturated heterocycles. The number of aryl methyl sites for hydroxylation is 1. The molecule has 29 heavy (non-hydrogen) atoms. The van der Waals surface area contributed by atoms with Crippen molar-refractivity contribution in [2.24, 2.45) is 5.92 Å². The largest absolute Gasteiger partial charge is 0.300 e. The van der Waals surface area contributed by atoms with Gasteiger partial charge in [-0.15, -0.1) is 11.8 Å². The SMILES string of the molecule is CC1CCc2nc(SCCN3CCN(Cc4ccccc4)CC3)c(C#N)cc2C1. The standard InChI is InChI=1S/C24H30N4S/c1-19-7-8-23-21(15-19)16-22(17-25)24(26-23)29-14-13-27-9-11-28(12-10-27)18-20-5-3-2-4-6-20/h2-6,16,19H,7-15,18H2,1H3. The highest BCUT2D eigenvalue weighted by molar-refractivity contribution is 7.99. The highest BCUT2D eigenvalue weighted by Gasteiger charge is 2.20. The quantitative estimate of drug-likeness (QED) is 0.679. The number of rotatable bonds is 6. The Morgan fingerprint density at radius 2 is 1.90 bits per heavy atom. The van der Waals surface area contributed by atoms with Gasteiger partial charge in [0.1, 0.15) is 11.1 Å². The minimum Gasteiger partial charge on any atom is -0.300 e. The van der Waals surface area contributed by atoms with Crippen LogP contribution >= 0.6 is 11.8 Å². The molecule has 4 nitrogen and oxygen atoms in total. The van der Waals surface area contributed by atoms with E-state index in [0.717, 1.165) is 68.5 Å². The number of fused-ring (bicyclic) bond motifs is 1. The molecule has 0 amide bonds. The molecule has 0 bridgehead atoms. The zero-order valence-corrected chi connectivity index (χ0v) is 18.1. The van der Waals surface area contributed by atoms with Gasteiger partial charge in [0.2, 0.25) is 0 Å². The molecule has 2 aromatic rings. The van der Waals surface area contributed by atoms with Crippen LogP contribution in [0.15, 0.2) is 41.4 Å². The van der Waals surface area contributed by atoms with Gasteiger partial charge in [-0.1, -0.05) is 37.3 Å². The van der Waals surface area contributed by atoms with Gasteiger partial charge in [-0.2, -0.15) is 5.26 Å². The minimum atomic E-state index is 0.704. The molecule has 1 fully saturated rings. The Hall–Kier alpha value is -1.87. The summed E-state index contributed by atoms with van der Waals surface area (Å²) >= 11 is 1.75. The van der Waals surface area contributed by atoms with Gasteiger partial charge < -0.3 is 0 Å². The fourth-order valence-corrected chi connectivity index (χ4v) is 5.28. The monoisotopic (exact) mass is 406 g/mol. The number of hydrogen-bond donors (Lipinski definition) is 0. The lowest BCUT2D eigenvalue weighted by Gasteiger charge is -2.34. The van der Waals surface area contributed by atoms with E-state index in [1.54, 1.807) is 11.8 Å². The van der Waals surface area contributed by atoms with Crippen molar-refractivity contribution in [3.63, 3.8) is 0 Å². The van der Waals surface area contributed by atoms with Gasteiger partial charge in [0.05, 0.1) is 5.56 Å². The zero-order valence-electron chi connectivity index (χ0n) is 17.3. The number of aromatic nitrogens is 1. The van der Waals surface area contributed by atoms with Gasteiger partial charge in [-0.3, -0.25) is 9.80 Å². The van der Waals surface area contributed by atoms with Crippen molar-refractivity contribution in [1.82, 2.24) is 14.8 Å². The van der Waals surface area contributed by atoms with Crippen LogP contribution in [0.25, 0.3) is 0 Å². The van der Waals surface area contributed by atoms with E-state index in [-0.39, 0.29) is 0 Å². The van der Waals surface area contributed by atoms with E-state index in [0.29, 0.717) is 5.92 Å². The van der Waals surface area contributed by atoms with Gasteiger partial charge in [0, 0.05) is 50.7 Å². The Kier molecular flexibility index (Phi) is 6.86. The molecule has 2 heterocycles. The van der Waals surface area contributed by atoms with Crippen LogP contribution in [0.3, 0.4) is 0 Å². The second kappa shape index (κ2) is 9.75. The van der Waals surface area contributed by atoms with Crippen molar-refractivity contribution < 1.29 is 0 Å². The number of thioether (sulfide) groups is 1. The predicted octanol–water partition coefficient (Wildman–Crippen LogP) is 3.99. The van der Waals surface area contributed by atoms with E-state index >= 15 is 0 Å². The maximum Gasteiger partial charge on any atom is 0.114 e. The third-order valence-corrected chi connectivity index (χ3v) is 7.05. The van der Waals surface area contributed by atoms with Crippen molar-refractivity contribution in [3.05, 3.63) is 58.8 Å². The van der Waals surface area contributed by atoms with E-state index in [1.165, 1.54) is 23.2 Å². The summed E-state index contributed by atoms with van der Waals surface area (Å²) in [5.41, 5.74) is 4.67. The molecule has 4 rings (SSSR count). The number of nitriles is 1. The topological polar surface area (TPSA) is 43.2 Å². The van der Waals surface area contributed by atoms with Crippen LogP contribution in [0.4, 0.5) is 0 Å². The smallest absolute Gasteiger partial charge is 0.114 e. The molecule has 1 aliphatic carbocycles. The van der Waals surface area contributed by atoms with E-state index in [4.69, 9.17) is 4.98 Å². The Morgan fingerprint density at radius 1 is 1.14 bits per heavy atom. The Labute approximate surface area is 178 Å². The fraction of sp³-hybridized carbons (Fsp3) is 0.500. The molecule has 0 radical (unpaired) electrons. The lowest BCUT2D eigenvalue weighted by molar-refractivity contribution is 0.133. The highest BCUT2D eigenvalue weighted by atomic mass is 32.2. The molecule has 0 saturated carbocycles. The molecule has 152 valence electrons. The first kappa shape index (κ1) is 20.4. The van der Waals surface area contributed by atoms with Crippen LogP contribution in [-0.4, -0.2) is 53.3 Å². The lowest BCUT2D eigenvalue weighted by Crippen LogP contribution is -2.46. The van der Waals surface area contributed by atoms with Gasteiger partial charge >= 0.3 is 0 Å². The van der Waals surface area contributed by atoms with Crippen molar-refractivity contribution in [3.8, 4) is 6.07 Å². The van der Waals surface area contributed by atoms with Crippen molar-refractivity contribution in [2.45, 2.75) is 37.8 Å². The normalized spacial score (nSPS) is 20.2. The second-order valence-electron chi connectivity index (χ2n) is 8.36. The van der Waals surface area contributed by atoms with Crippen LogP contribution in [0.5, 0.6) is 0 Å². The molecule has 5 heteroatoms. The van der Waals surface area contributed by atoms with Crippen LogP contribution in [0.2, 0.25) is 0 Å². The van der Waals surface area contributed by atoms with Crippen LogP contribution < -0.4 is 0 Å². The van der Waals surface area contributed by atoms with Gasteiger partial charge in [0.15, 0.2) is 0 Å². The van der Waals surface area contributed by atoms with E-state index < -0.39 is 0 Å². The summed E-state index contributed by atoms with van der Waals surface area (Å²) in [6, 6.07) is 15.2. The molecule has 1 aliphatic heterocycles. The molecule has 1 aromatic heterocycles. The van der Waals surface area contributed by atoms with Crippen LogP contribution in [-0.2, 0) is 19.4 Å². The summed E-state index contributed by atoms with van der Waals surface area (Å²) in [6.07, 6.45) is 3.33. The zero-order chi connectivity index (χ0) is 20.1.